The van der Waals surface area contributed by atoms with Gasteiger partial charge in [0.25, 0.3) is 15.7 Å². The van der Waals surface area contributed by atoms with E-state index in [2.05, 4.69) is 19.8 Å². The van der Waals surface area contributed by atoms with E-state index in [1.807, 2.05) is 0 Å². The Bertz CT molecular complexity index is 1570. The van der Waals surface area contributed by atoms with Gasteiger partial charge in [0, 0.05) is 11.6 Å². The highest BCUT2D eigenvalue weighted by molar-refractivity contribution is 7.92. The van der Waals surface area contributed by atoms with Crippen LogP contribution >= 0.6 is 0 Å². The van der Waals surface area contributed by atoms with Gasteiger partial charge in [0.05, 0.1) is 22.0 Å². The Labute approximate surface area is 199 Å². The molecule has 0 saturated heterocycles. The average Bonchev–Trinajstić information content (AvgIpc) is 3.49. The minimum absolute atomic E-state index is 0.151. The molecule has 1 aliphatic carbocycles. The van der Waals surface area contributed by atoms with E-state index < -0.39 is 31.3 Å². The standard InChI is InChI=1S/C22H20FN7O4S/c23-15-11-13(9-10-16(15)28-35(33,34)18-8-4-3-7-17(18)30(31)32)20-19-21(24)25-12-26-22(19)29(27-20)14-5-1-2-6-14/h3-4,7-12,14,28H,1-2,5-6H2,(H2,24,25,26). The zero-order valence-corrected chi connectivity index (χ0v) is 19.1. The van der Waals surface area contributed by atoms with Gasteiger partial charge in [-0.15, -0.1) is 0 Å². The van der Waals surface area contributed by atoms with Crippen LogP contribution in [0.1, 0.15) is 31.7 Å². The number of nitro groups is 1. The van der Waals surface area contributed by atoms with Gasteiger partial charge in [-0.2, -0.15) is 5.10 Å². The molecule has 5 rings (SSSR count). The first kappa shape index (κ1) is 22.7. The largest absolute Gasteiger partial charge is 0.383 e. The predicted octanol–water partition coefficient (Wildman–Crippen LogP) is 4.04. The lowest BCUT2D eigenvalue weighted by Gasteiger charge is -2.11. The highest BCUT2D eigenvalue weighted by Gasteiger charge is 2.27. The molecule has 0 bridgehead atoms. The van der Waals surface area contributed by atoms with Crippen LogP contribution in [0.2, 0.25) is 0 Å². The number of nitrogens with two attached hydrogens (primary N) is 1. The monoisotopic (exact) mass is 497 g/mol. The molecule has 0 spiro atoms. The lowest BCUT2D eigenvalue weighted by atomic mass is 10.1. The lowest BCUT2D eigenvalue weighted by Crippen LogP contribution is -2.15. The highest BCUT2D eigenvalue weighted by Crippen LogP contribution is 2.37. The minimum Gasteiger partial charge on any atom is -0.383 e. The Morgan fingerprint density at radius 3 is 2.60 bits per heavy atom. The van der Waals surface area contributed by atoms with E-state index in [-0.39, 0.29) is 17.5 Å². The molecule has 2 aromatic heterocycles. The predicted molar refractivity (Wildman–Crippen MR) is 127 cm³/mol. The van der Waals surface area contributed by atoms with E-state index in [9.17, 15) is 18.5 Å². The molecular weight excluding hydrogens is 477 g/mol. The summed E-state index contributed by atoms with van der Waals surface area (Å²) in [5.41, 5.74) is 6.44. The van der Waals surface area contributed by atoms with Crippen molar-refractivity contribution in [1.29, 1.82) is 0 Å². The number of hydrogen-bond donors (Lipinski definition) is 2. The van der Waals surface area contributed by atoms with Crippen LogP contribution in [0.5, 0.6) is 0 Å². The number of aromatic nitrogens is 4. The van der Waals surface area contributed by atoms with Gasteiger partial charge in [0.15, 0.2) is 10.5 Å². The summed E-state index contributed by atoms with van der Waals surface area (Å²) >= 11 is 0. The van der Waals surface area contributed by atoms with Gasteiger partial charge in [-0.05, 0) is 31.0 Å². The maximum Gasteiger partial charge on any atom is 0.289 e. The molecule has 11 nitrogen and oxygen atoms in total. The number of rotatable bonds is 6. The fraction of sp³-hybridized carbons (Fsp3) is 0.227. The molecule has 3 N–H and O–H groups in total. The van der Waals surface area contributed by atoms with E-state index >= 15 is 4.39 Å². The quantitative estimate of drug-likeness (QED) is 0.298. The van der Waals surface area contributed by atoms with Crippen molar-refractivity contribution in [1.82, 2.24) is 19.7 Å². The molecule has 2 heterocycles. The van der Waals surface area contributed by atoms with Crippen LogP contribution in [0.25, 0.3) is 22.3 Å². The van der Waals surface area contributed by atoms with Crippen LogP contribution in [0.3, 0.4) is 0 Å². The number of para-hydroxylation sites is 1. The topological polar surface area (TPSA) is 159 Å². The van der Waals surface area contributed by atoms with E-state index in [4.69, 9.17) is 5.73 Å². The first-order valence-electron chi connectivity index (χ1n) is 10.8. The second-order valence-corrected chi connectivity index (χ2v) is 9.86. The first-order valence-corrected chi connectivity index (χ1v) is 12.3. The summed E-state index contributed by atoms with van der Waals surface area (Å²) in [5.74, 6) is -0.681. The minimum atomic E-state index is -4.43. The molecule has 180 valence electrons. The van der Waals surface area contributed by atoms with Gasteiger partial charge in [-0.1, -0.05) is 31.0 Å². The van der Waals surface area contributed by atoms with E-state index in [0.29, 0.717) is 22.3 Å². The lowest BCUT2D eigenvalue weighted by molar-refractivity contribution is -0.387. The van der Waals surface area contributed by atoms with Crippen LogP contribution in [-0.4, -0.2) is 33.1 Å². The molecule has 0 unspecified atom stereocenters. The zero-order chi connectivity index (χ0) is 24.7. The molecule has 0 aliphatic heterocycles. The SMILES string of the molecule is Nc1ncnc2c1c(-c1ccc(NS(=O)(=O)c3ccccc3[N+](=O)[O-])c(F)c1)nn2C1CCCC1. The van der Waals surface area contributed by atoms with Gasteiger partial charge in [0.1, 0.15) is 23.7 Å². The van der Waals surface area contributed by atoms with E-state index in [1.54, 1.807) is 4.68 Å². The Morgan fingerprint density at radius 1 is 1.14 bits per heavy atom. The number of sulfonamides is 1. The molecule has 0 atom stereocenters. The zero-order valence-electron chi connectivity index (χ0n) is 18.3. The fourth-order valence-electron chi connectivity index (χ4n) is 4.38. The first-order chi connectivity index (χ1) is 16.8. The van der Waals surface area contributed by atoms with Crippen molar-refractivity contribution >= 4 is 38.2 Å². The van der Waals surface area contributed by atoms with E-state index in [0.717, 1.165) is 43.9 Å². The fourth-order valence-corrected chi connectivity index (χ4v) is 5.62. The Morgan fingerprint density at radius 2 is 1.89 bits per heavy atom. The van der Waals surface area contributed by atoms with Crippen LogP contribution < -0.4 is 10.5 Å². The molecule has 0 amide bonds. The summed E-state index contributed by atoms with van der Waals surface area (Å²) in [5, 5.41) is 16.4. The molecule has 0 radical (unpaired) electrons. The van der Waals surface area contributed by atoms with E-state index in [1.165, 1.54) is 30.6 Å². The molecule has 1 aliphatic rings. The summed E-state index contributed by atoms with van der Waals surface area (Å²) in [4.78, 5) is 18.2. The molecule has 1 saturated carbocycles. The van der Waals surface area contributed by atoms with Gasteiger partial charge >= 0.3 is 0 Å². The molecule has 2 aromatic carbocycles. The second kappa shape index (κ2) is 8.58. The Kier molecular flexibility index (Phi) is 5.55. The average molecular weight is 498 g/mol. The maximum absolute atomic E-state index is 15.1. The number of nitrogens with one attached hydrogen (secondary N) is 1. The number of nitrogens with zero attached hydrogens (tertiary/aromatic N) is 5. The van der Waals surface area contributed by atoms with Crippen LogP contribution in [0.15, 0.2) is 53.7 Å². The van der Waals surface area contributed by atoms with Crippen LogP contribution in [0, 0.1) is 15.9 Å². The molecule has 1 fully saturated rings. The highest BCUT2D eigenvalue weighted by atomic mass is 32.2. The number of anilines is 2. The van der Waals surface area contributed by atoms with Crippen molar-refractivity contribution in [3.63, 3.8) is 0 Å². The molecule has 35 heavy (non-hydrogen) atoms. The normalized spacial score (nSPS) is 14.4. The number of halogens is 1. The van der Waals surface area contributed by atoms with Gasteiger partial charge < -0.3 is 5.73 Å². The summed E-state index contributed by atoms with van der Waals surface area (Å²) in [6.45, 7) is 0. The van der Waals surface area contributed by atoms with Crippen molar-refractivity contribution in [3.05, 3.63) is 64.7 Å². The van der Waals surface area contributed by atoms with Crippen LogP contribution in [-0.2, 0) is 10.0 Å². The number of nitro benzene ring substituents is 1. The van der Waals surface area contributed by atoms with Gasteiger partial charge in [0.2, 0.25) is 0 Å². The number of fused-ring (bicyclic) bond motifs is 1. The molecular formula is C22H20FN7O4S. The summed E-state index contributed by atoms with van der Waals surface area (Å²) in [7, 11) is -4.43. The van der Waals surface area contributed by atoms with Crippen LogP contribution in [0.4, 0.5) is 21.6 Å². The molecule has 13 heteroatoms. The Hall–Kier alpha value is -4.13. The van der Waals surface area contributed by atoms with Crippen molar-refractivity contribution in [2.75, 3.05) is 10.5 Å². The molecule has 4 aromatic rings. The third kappa shape index (κ3) is 4.03. The number of nitrogen functional groups attached to an aromatic ring is 1. The summed E-state index contributed by atoms with van der Waals surface area (Å²) in [6, 6.07) is 8.84. The third-order valence-corrected chi connectivity index (χ3v) is 7.44. The smallest absolute Gasteiger partial charge is 0.289 e. The summed E-state index contributed by atoms with van der Waals surface area (Å²) in [6.07, 6.45) is 5.40. The van der Waals surface area contributed by atoms with Crippen molar-refractivity contribution in [2.45, 2.75) is 36.6 Å². The van der Waals surface area contributed by atoms with Gasteiger partial charge in [-0.25, -0.2) is 27.5 Å². The third-order valence-electron chi connectivity index (χ3n) is 6.03. The summed E-state index contributed by atoms with van der Waals surface area (Å²) < 4.78 is 44.5. The van der Waals surface area contributed by atoms with Crippen molar-refractivity contribution < 1.29 is 17.7 Å². The number of benzene rings is 2. The Balaban J connectivity index is 1.54. The van der Waals surface area contributed by atoms with Crippen molar-refractivity contribution in [2.24, 2.45) is 0 Å². The van der Waals surface area contributed by atoms with Gasteiger partial charge in [-0.3, -0.25) is 14.8 Å². The van der Waals surface area contributed by atoms with Crippen molar-refractivity contribution in [3.8, 4) is 11.3 Å². The number of hydrogen-bond acceptors (Lipinski definition) is 8. The maximum atomic E-state index is 15.1. The second-order valence-electron chi connectivity index (χ2n) is 8.21.